The summed E-state index contributed by atoms with van der Waals surface area (Å²) >= 11 is 10.6. The summed E-state index contributed by atoms with van der Waals surface area (Å²) in [5, 5.41) is 3.17. The van der Waals surface area contributed by atoms with Crippen LogP contribution in [0.2, 0.25) is 5.02 Å². The van der Waals surface area contributed by atoms with Crippen LogP contribution in [-0.2, 0) is 0 Å². The van der Waals surface area contributed by atoms with E-state index in [0.29, 0.717) is 16.3 Å². The molecule has 0 atom stereocenters. The van der Waals surface area contributed by atoms with Crippen molar-refractivity contribution in [3.05, 3.63) is 64.4 Å². The number of amides is 1. The number of benzene rings is 2. The summed E-state index contributed by atoms with van der Waals surface area (Å²) in [6, 6.07) is 10.2. The van der Waals surface area contributed by atoms with E-state index < -0.39 is 5.82 Å². The molecule has 0 radical (unpaired) electrons. The molecule has 0 saturated carbocycles. The van der Waals surface area contributed by atoms with Gasteiger partial charge in [0.2, 0.25) is 0 Å². The predicted octanol–water partition coefficient (Wildman–Crippen LogP) is 3.37. The van der Waals surface area contributed by atoms with E-state index in [1.54, 1.807) is 24.3 Å². The van der Waals surface area contributed by atoms with Crippen molar-refractivity contribution in [2.24, 2.45) is 5.73 Å². The third-order valence-electron chi connectivity index (χ3n) is 2.60. The van der Waals surface area contributed by atoms with Gasteiger partial charge in [-0.1, -0.05) is 23.8 Å². The van der Waals surface area contributed by atoms with Crippen molar-refractivity contribution in [2.45, 2.75) is 0 Å². The highest BCUT2D eigenvalue weighted by molar-refractivity contribution is 7.80. The molecular weight excluding hydrogens is 299 g/mol. The van der Waals surface area contributed by atoms with Gasteiger partial charge in [0, 0.05) is 16.1 Å². The Morgan fingerprint density at radius 2 is 1.85 bits per heavy atom. The summed E-state index contributed by atoms with van der Waals surface area (Å²) in [5.74, 6) is -0.830. The molecule has 2 rings (SSSR count). The maximum Gasteiger partial charge on any atom is 0.255 e. The van der Waals surface area contributed by atoms with Crippen LogP contribution in [0.4, 0.5) is 10.1 Å². The van der Waals surface area contributed by atoms with E-state index in [9.17, 15) is 9.18 Å². The Bertz CT molecular complexity index is 673. The lowest BCUT2D eigenvalue weighted by Gasteiger charge is -2.10. The molecular formula is C14H10ClFN2OS. The maximum absolute atomic E-state index is 13.2. The quantitative estimate of drug-likeness (QED) is 0.855. The molecule has 0 saturated heterocycles. The van der Waals surface area contributed by atoms with E-state index in [4.69, 9.17) is 29.6 Å². The summed E-state index contributed by atoms with van der Waals surface area (Å²) in [5.41, 5.74) is 6.58. The minimum absolute atomic E-state index is 0.0101. The number of halogens is 2. The Morgan fingerprint density at radius 3 is 2.45 bits per heavy atom. The Hall–Kier alpha value is -1.98. The number of thiocarbonyl (C=S) groups is 1. The van der Waals surface area contributed by atoms with Crippen LogP contribution in [0.5, 0.6) is 0 Å². The van der Waals surface area contributed by atoms with Crippen molar-refractivity contribution < 1.29 is 9.18 Å². The molecule has 2 aromatic rings. The summed E-state index contributed by atoms with van der Waals surface area (Å²) in [6.45, 7) is 0. The van der Waals surface area contributed by atoms with Gasteiger partial charge in [-0.2, -0.15) is 0 Å². The molecule has 102 valence electrons. The van der Waals surface area contributed by atoms with Gasteiger partial charge >= 0.3 is 0 Å². The molecule has 0 bridgehead atoms. The largest absolute Gasteiger partial charge is 0.389 e. The van der Waals surface area contributed by atoms with Gasteiger partial charge in [0.1, 0.15) is 10.8 Å². The van der Waals surface area contributed by atoms with E-state index in [2.05, 4.69) is 5.32 Å². The number of nitrogens with two attached hydrogens (primary N) is 1. The molecule has 0 fully saturated rings. The lowest BCUT2D eigenvalue weighted by atomic mass is 10.1. The fourth-order valence-electron chi connectivity index (χ4n) is 1.63. The highest BCUT2D eigenvalue weighted by Gasteiger charge is 2.11. The Balaban J connectivity index is 2.28. The van der Waals surface area contributed by atoms with Crippen molar-refractivity contribution in [1.82, 2.24) is 0 Å². The van der Waals surface area contributed by atoms with E-state index in [-0.39, 0.29) is 16.5 Å². The lowest BCUT2D eigenvalue weighted by molar-refractivity contribution is 0.102. The van der Waals surface area contributed by atoms with E-state index >= 15 is 0 Å². The number of hydrogen-bond donors (Lipinski definition) is 2. The number of carbonyl (C=O) groups excluding carboxylic acids is 1. The molecule has 2 aromatic carbocycles. The minimum Gasteiger partial charge on any atom is -0.389 e. The van der Waals surface area contributed by atoms with Gasteiger partial charge in [-0.3, -0.25) is 4.79 Å². The second kappa shape index (κ2) is 5.98. The first-order chi connectivity index (χ1) is 9.47. The average Bonchev–Trinajstić information content (AvgIpc) is 2.41. The highest BCUT2D eigenvalue weighted by Crippen LogP contribution is 2.18. The zero-order valence-corrected chi connectivity index (χ0v) is 11.8. The van der Waals surface area contributed by atoms with Crippen LogP contribution in [0.1, 0.15) is 15.9 Å². The average molecular weight is 309 g/mol. The molecule has 0 aromatic heterocycles. The van der Waals surface area contributed by atoms with Crippen molar-refractivity contribution in [1.29, 1.82) is 0 Å². The first kappa shape index (κ1) is 14.4. The van der Waals surface area contributed by atoms with Crippen molar-refractivity contribution in [3.8, 4) is 0 Å². The van der Waals surface area contributed by atoms with Crippen LogP contribution in [0.25, 0.3) is 0 Å². The normalized spacial score (nSPS) is 10.1. The van der Waals surface area contributed by atoms with Crippen molar-refractivity contribution in [2.75, 3.05) is 5.32 Å². The van der Waals surface area contributed by atoms with Gasteiger partial charge < -0.3 is 11.1 Å². The highest BCUT2D eigenvalue weighted by atomic mass is 35.5. The molecule has 0 spiro atoms. The zero-order valence-electron chi connectivity index (χ0n) is 10.2. The lowest BCUT2D eigenvalue weighted by Crippen LogP contribution is -2.17. The third kappa shape index (κ3) is 3.31. The van der Waals surface area contributed by atoms with Gasteiger partial charge in [0.05, 0.1) is 5.69 Å². The fraction of sp³-hybridized carbons (Fsp3) is 0. The van der Waals surface area contributed by atoms with Crippen LogP contribution in [0, 0.1) is 5.82 Å². The molecule has 20 heavy (non-hydrogen) atoms. The summed E-state index contributed by atoms with van der Waals surface area (Å²) in [7, 11) is 0. The molecule has 6 heteroatoms. The zero-order chi connectivity index (χ0) is 14.7. The van der Waals surface area contributed by atoms with Gasteiger partial charge in [0.15, 0.2) is 0 Å². The van der Waals surface area contributed by atoms with Crippen LogP contribution >= 0.6 is 23.8 Å². The standard InChI is InChI=1S/C14H10ClFN2OS/c15-9-3-1-8(2-4-9)14(19)18-12-6-5-10(16)7-11(12)13(17)20/h1-7H,(H2,17,20)(H,18,19). The van der Waals surface area contributed by atoms with Gasteiger partial charge in [-0.05, 0) is 42.5 Å². The molecule has 0 aliphatic carbocycles. The molecule has 3 N–H and O–H groups in total. The molecule has 1 amide bonds. The van der Waals surface area contributed by atoms with Crippen LogP contribution in [0.3, 0.4) is 0 Å². The van der Waals surface area contributed by atoms with E-state index in [1.807, 2.05) is 0 Å². The predicted molar refractivity (Wildman–Crippen MR) is 81.7 cm³/mol. The first-order valence-corrected chi connectivity index (χ1v) is 6.42. The molecule has 0 unspecified atom stereocenters. The number of rotatable bonds is 3. The second-order valence-corrected chi connectivity index (χ2v) is 4.89. The van der Waals surface area contributed by atoms with Gasteiger partial charge in [-0.25, -0.2) is 4.39 Å². The van der Waals surface area contributed by atoms with E-state index in [0.717, 1.165) is 0 Å². The summed E-state index contributed by atoms with van der Waals surface area (Å²) in [6.07, 6.45) is 0. The maximum atomic E-state index is 13.2. The number of nitrogens with one attached hydrogen (secondary N) is 1. The molecule has 3 nitrogen and oxygen atoms in total. The smallest absolute Gasteiger partial charge is 0.255 e. The number of carbonyl (C=O) groups is 1. The molecule has 0 aliphatic heterocycles. The topological polar surface area (TPSA) is 55.1 Å². The van der Waals surface area contributed by atoms with Crippen molar-refractivity contribution >= 4 is 40.4 Å². The van der Waals surface area contributed by atoms with E-state index in [1.165, 1.54) is 18.2 Å². The van der Waals surface area contributed by atoms with Crippen LogP contribution in [-0.4, -0.2) is 10.9 Å². The van der Waals surface area contributed by atoms with Crippen LogP contribution in [0.15, 0.2) is 42.5 Å². The Morgan fingerprint density at radius 1 is 1.20 bits per heavy atom. The van der Waals surface area contributed by atoms with Crippen molar-refractivity contribution in [3.63, 3.8) is 0 Å². The SMILES string of the molecule is NC(=S)c1cc(F)ccc1NC(=O)c1ccc(Cl)cc1. The second-order valence-electron chi connectivity index (χ2n) is 4.02. The Kier molecular flexibility index (Phi) is 4.32. The summed E-state index contributed by atoms with van der Waals surface area (Å²) < 4.78 is 13.2. The third-order valence-corrected chi connectivity index (χ3v) is 3.07. The monoisotopic (exact) mass is 308 g/mol. The van der Waals surface area contributed by atoms with Crippen LogP contribution < -0.4 is 11.1 Å². The number of anilines is 1. The summed E-state index contributed by atoms with van der Waals surface area (Å²) in [4.78, 5) is 12.1. The molecule has 0 aliphatic rings. The fourth-order valence-corrected chi connectivity index (χ4v) is 1.92. The Labute approximate surface area is 125 Å². The van der Waals surface area contributed by atoms with Gasteiger partial charge in [0.25, 0.3) is 5.91 Å². The number of hydrogen-bond acceptors (Lipinski definition) is 2. The molecule has 0 heterocycles. The minimum atomic E-state index is -0.475. The van der Waals surface area contributed by atoms with Gasteiger partial charge in [-0.15, -0.1) is 0 Å². The first-order valence-electron chi connectivity index (χ1n) is 5.63.